The Morgan fingerprint density at radius 3 is 2.59 bits per heavy atom. The van der Waals surface area contributed by atoms with Gasteiger partial charge >= 0.3 is 0 Å². The SMILES string of the molecule is C=CCNC(=O)c1cncc(C(=O)N(C)c2ccccc2)c1. The monoisotopic (exact) mass is 295 g/mol. The number of anilines is 1. The molecule has 5 nitrogen and oxygen atoms in total. The molecule has 0 saturated carbocycles. The standard InChI is InChI=1S/C17H17N3O2/c1-3-9-19-16(21)13-10-14(12-18-11-13)17(22)20(2)15-7-5-4-6-8-15/h3-8,10-12H,1,9H2,2H3,(H,19,21). The van der Waals surface area contributed by atoms with Gasteiger partial charge in [0.1, 0.15) is 0 Å². The number of carbonyl (C=O) groups excluding carboxylic acids is 2. The number of hydrogen-bond acceptors (Lipinski definition) is 3. The summed E-state index contributed by atoms with van der Waals surface area (Å²) in [4.78, 5) is 29.9. The number of para-hydroxylation sites is 1. The zero-order valence-electron chi connectivity index (χ0n) is 12.3. The number of benzene rings is 1. The van der Waals surface area contributed by atoms with Crippen molar-refractivity contribution >= 4 is 17.5 Å². The Kier molecular flexibility index (Phi) is 5.03. The van der Waals surface area contributed by atoms with Gasteiger partial charge in [0.25, 0.3) is 11.8 Å². The number of nitrogens with one attached hydrogen (secondary N) is 1. The lowest BCUT2D eigenvalue weighted by Gasteiger charge is -2.17. The summed E-state index contributed by atoms with van der Waals surface area (Å²) in [6.45, 7) is 3.90. The Morgan fingerprint density at radius 1 is 1.23 bits per heavy atom. The molecular formula is C17H17N3O2. The van der Waals surface area contributed by atoms with E-state index in [0.717, 1.165) is 5.69 Å². The maximum Gasteiger partial charge on any atom is 0.259 e. The van der Waals surface area contributed by atoms with Gasteiger partial charge in [0.15, 0.2) is 0 Å². The van der Waals surface area contributed by atoms with E-state index in [2.05, 4.69) is 16.9 Å². The third kappa shape index (κ3) is 3.58. The number of nitrogens with zero attached hydrogens (tertiary/aromatic N) is 2. The third-order valence-electron chi connectivity index (χ3n) is 3.10. The summed E-state index contributed by atoms with van der Waals surface area (Å²) < 4.78 is 0. The maximum atomic E-state index is 12.5. The van der Waals surface area contributed by atoms with Gasteiger partial charge in [0.2, 0.25) is 0 Å². The lowest BCUT2D eigenvalue weighted by molar-refractivity contribution is 0.0957. The molecule has 2 rings (SSSR count). The number of carbonyl (C=O) groups is 2. The molecule has 1 aromatic heterocycles. The molecule has 0 aliphatic carbocycles. The molecule has 1 N–H and O–H groups in total. The lowest BCUT2D eigenvalue weighted by atomic mass is 10.1. The second-order valence-corrected chi connectivity index (χ2v) is 4.66. The van der Waals surface area contributed by atoms with Gasteiger partial charge in [-0.1, -0.05) is 24.3 Å². The van der Waals surface area contributed by atoms with Gasteiger partial charge in [-0.15, -0.1) is 6.58 Å². The van der Waals surface area contributed by atoms with E-state index in [1.54, 1.807) is 13.1 Å². The molecule has 0 atom stereocenters. The van der Waals surface area contributed by atoms with E-state index in [0.29, 0.717) is 17.7 Å². The first kappa shape index (κ1) is 15.4. The summed E-state index contributed by atoms with van der Waals surface area (Å²) in [6.07, 6.45) is 4.47. The molecule has 112 valence electrons. The normalized spacial score (nSPS) is 9.86. The predicted molar refractivity (Wildman–Crippen MR) is 85.9 cm³/mol. The topological polar surface area (TPSA) is 62.3 Å². The molecule has 22 heavy (non-hydrogen) atoms. The van der Waals surface area contributed by atoms with E-state index >= 15 is 0 Å². The van der Waals surface area contributed by atoms with Crippen molar-refractivity contribution in [3.63, 3.8) is 0 Å². The average Bonchev–Trinajstić information content (AvgIpc) is 2.59. The molecule has 0 saturated heterocycles. The summed E-state index contributed by atoms with van der Waals surface area (Å²) in [5, 5.41) is 2.65. The van der Waals surface area contributed by atoms with E-state index in [9.17, 15) is 9.59 Å². The molecule has 0 fully saturated rings. The van der Waals surface area contributed by atoms with Gasteiger partial charge in [-0.3, -0.25) is 14.6 Å². The van der Waals surface area contributed by atoms with Crippen molar-refractivity contribution in [2.75, 3.05) is 18.5 Å². The summed E-state index contributed by atoms with van der Waals surface area (Å²) >= 11 is 0. The van der Waals surface area contributed by atoms with E-state index < -0.39 is 0 Å². The van der Waals surface area contributed by atoms with Crippen molar-refractivity contribution in [1.29, 1.82) is 0 Å². The van der Waals surface area contributed by atoms with Gasteiger partial charge in [-0.2, -0.15) is 0 Å². The molecule has 0 spiro atoms. The summed E-state index contributed by atoms with van der Waals surface area (Å²) in [5.74, 6) is -0.513. The molecule has 0 bridgehead atoms. The van der Waals surface area contributed by atoms with Crippen molar-refractivity contribution in [2.45, 2.75) is 0 Å². The molecule has 0 unspecified atom stereocenters. The average molecular weight is 295 g/mol. The molecule has 1 heterocycles. The first-order valence-electron chi connectivity index (χ1n) is 6.80. The fraction of sp³-hybridized carbons (Fsp3) is 0.118. The minimum Gasteiger partial charge on any atom is -0.349 e. The first-order chi connectivity index (χ1) is 10.6. The number of aromatic nitrogens is 1. The quantitative estimate of drug-likeness (QED) is 0.861. The second-order valence-electron chi connectivity index (χ2n) is 4.66. The van der Waals surface area contributed by atoms with E-state index in [4.69, 9.17) is 0 Å². The number of pyridine rings is 1. The fourth-order valence-electron chi connectivity index (χ4n) is 1.91. The summed E-state index contributed by atoms with van der Waals surface area (Å²) in [6, 6.07) is 10.8. The second kappa shape index (κ2) is 7.17. The van der Waals surface area contributed by atoms with Crippen LogP contribution in [0, 0.1) is 0 Å². The molecule has 0 aliphatic rings. The zero-order chi connectivity index (χ0) is 15.9. The third-order valence-corrected chi connectivity index (χ3v) is 3.10. The Hall–Kier alpha value is -2.95. The predicted octanol–water partition coefficient (Wildman–Crippen LogP) is 2.27. The highest BCUT2D eigenvalue weighted by atomic mass is 16.2. The van der Waals surface area contributed by atoms with Crippen molar-refractivity contribution in [3.8, 4) is 0 Å². The Bertz CT molecular complexity index is 683. The van der Waals surface area contributed by atoms with Crippen LogP contribution in [0.15, 0.2) is 61.4 Å². The van der Waals surface area contributed by atoms with E-state index in [-0.39, 0.29) is 11.8 Å². The van der Waals surface area contributed by atoms with Crippen molar-refractivity contribution in [3.05, 3.63) is 72.6 Å². The van der Waals surface area contributed by atoms with Crippen LogP contribution in [0.2, 0.25) is 0 Å². The Balaban J connectivity index is 2.20. The highest BCUT2D eigenvalue weighted by Crippen LogP contribution is 2.15. The van der Waals surface area contributed by atoms with Gasteiger partial charge in [-0.05, 0) is 18.2 Å². The van der Waals surface area contributed by atoms with Gasteiger partial charge in [0, 0.05) is 31.7 Å². The van der Waals surface area contributed by atoms with Crippen LogP contribution >= 0.6 is 0 Å². The van der Waals surface area contributed by atoms with Crippen molar-refractivity contribution in [1.82, 2.24) is 10.3 Å². The van der Waals surface area contributed by atoms with Crippen LogP contribution in [-0.2, 0) is 0 Å². The Morgan fingerprint density at radius 2 is 1.91 bits per heavy atom. The minimum absolute atomic E-state index is 0.225. The van der Waals surface area contributed by atoms with Crippen molar-refractivity contribution in [2.24, 2.45) is 0 Å². The largest absolute Gasteiger partial charge is 0.349 e. The number of amides is 2. The molecule has 2 amide bonds. The van der Waals surface area contributed by atoms with Crippen LogP contribution in [-0.4, -0.2) is 30.4 Å². The zero-order valence-corrected chi connectivity index (χ0v) is 12.3. The van der Waals surface area contributed by atoms with Crippen molar-refractivity contribution < 1.29 is 9.59 Å². The van der Waals surface area contributed by atoms with E-state index in [1.165, 1.54) is 23.4 Å². The van der Waals surface area contributed by atoms with Crippen LogP contribution in [0.3, 0.4) is 0 Å². The van der Waals surface area contributed by atoms with E-state index in [1.807, 2.05) is 30.3 Å². The molecule has 2 aromatic rings. The van der Waals surface area contributed by atoms with Crippen LogP contribution in [0.1, 0.15) is 20.7 Å². The minimum atomic E-state index is -0.288. The highest BCUT2D eigenvalue weighted by molar-refractivity contribution is 6.07. The summed E-state index contributed by atoms with van der Waals surface area (Å²) in [5.41, 5.74) is 1.47. The highest BCUT2D eigenvalue weighted by Gasteiger charge is 2.15. The first-order valence-corrected chi connectivity index (χ1v) is 6.80. The van der Waals surface area contributed by atoms with Gasteiger partial charge in [-0.25, -0.2) is 0 Å². The summed E-state index contributed by atoms with van der Waals surface area (Å²) in [7, 11) is 1.68. The van der Waals surface area contributed by atoms with Crippen LogP contribution in [0.5, 0.6) is 0 Å². The smallest absolute Gasteiger partial charge is 0.259 e. The van der Waals surface area contributed by atoms with Crippen LogP contribution < -0.4 is 10.2 Å². The van der Waals surface area contributed by atoms with Crippen LogP contribution in [0.25, 0.3) is 0 Å². The molecule has 5 heteroatoms. The number of rotatable bonds is 5. The lowest BCUT2D eigenvalue weighted by Crippen LogP contribution is -2.27. The van der Waals surface area contributed by atoms with Gasteiger partial charge in [0.05, 0.1) is 11.1 Å². The van der Waals surface area contributed by atoms with Gasteiger partial charge < -0.3 is 10.2 Å². The van der Waals surface area contributed by atoms with Crippen LogP contribution in [0.4, 0.5) is 5.69 Å². The molecule has 1 aromatic carbocycles. The molecule has 0 aliphatic heterocycles. The Labute approximate surface area is 129 Å². The fourth-order valence-corrected chi connectivity index (χ4v) is 1.91. The molecular weight excluding hydrogens is 278 g/mol. The maximum absolute atomic E-state index is 12.5. The molecule has 0 radical (unpaired) electrons. The number of hydrogen-bond donors (Lipinski definition) is 1.